The van der Waals surface area contributed by atoms with Gasteiger partial charge in [0, 0.05) is 52.4 Å². The molecular formula is C17H30N4O3. The Bertz CT molecular complexity index is 488. The lowest BCUT2D eigenvalue weighted by Crippen LogP contribution is -2.50. The van der Waals surface area contributed by atoms with Crippen LogP contribution in [0.3, 0.4) is 0 Å². The molecule has 0 aliphatic carbocycles. The van der Waals surface area contributed by atoms with Gasteiger partial charge in [-0.05, 0) is 13.8 Å². The fraction of sp³-hybridized carbons (Fsp3) is 0.824. The summed E-state index contributed by atoms with van der Waals surface area (Å²) >= 11 is 0. The van der Waals surface area contributed by atoms with Gasteiger partial charge >= 0.3 is 0 Å². The number of piperazine rings is 1. The maximum Gasteiger partial charge on any atom is 0.208 e. The fourth-order valence-corrected chi connectivity index (χ4v) is 3.37. The molecule has 0 spiro atoms. The summed E-state index contributed by atoms with van der Waals surface area (Å²) in [5, 5.41) is 10.3. The average Bonchev–Trinajstić information content (AvgIpc) is 2.88. The summed E-state index contributed by atoms with van der Waals surface area (Å²) in [6, 6.07) is 0. The summed E-state index contributed by atoms with van der Waals surface area (Å²) in [4.78, 5) is 11.5. The van der Waals surface area contributed by atoms with Crippen molar-refractivity contribution in [1.29, 1.82) is 0 Å². The molecule has 136 valence electrons. The van der Waals surface area contributed by atoms with Crippen LogP contribution in [-0.4, -0.2) is 96.5 Å². The summed E-state index contributed by atoms with van der Waals surface area (Å²) in [5.74, 6) is 1.72. The van der Waals surface area contributed by atoms with Crippen molar-refractivity contribution >= 4 is 0 Å². The van der Waals surface area contributed by atoms with Crippen molar-refractivity contribution in [3.8, 4) is 0 Å². The van der Waals surface area contributed by atoms with E-state index in [0.29, 0.717) is 0 Å². The molecule has 7 nitrogen and oxygen atoms in total. The smallest absolute Gasteiger partial charge is 0.208 e. The molecule has 0 unspecified atom stereocenters. The highest BCUT2D eigenvalue weighted by Gasteiger charge is 2.22. The van der Waals surface area contributed by atoms with Crippen molar-refractivity contribution in [2.75, 3.05) is 65.6 Å². The molecule has 7 heteroatoms. The topological polar surface area (TPSA) is 65.2 Å². The Morgan fingerprint density at radius 1 is 0.958 bits per heavy atom. The molecular weight excluding hydrogens is 308 g/mol. The number of aliphatic hydroxyl groups is 1. The van der Waals surface area contributed by atoms with Crippen LogP contribution in [0.5, 0.6) is 0 Å². The van der Waals surface area contributed by atoms with Gasteiger partial charge in [0.15, 0.2) is 0 Å². The van der Waals surface area contributed by atoms with Crippen molar-refractivity contribution in [2.45, 2.75) is 26.5 Å². The first-order chi connectivity index (χ1) is 11.6. The van der Waals surface area contributed by atoms with E-state index in [9.17, 15) is 5.11 Å². The van der Waals surface area contributed by atoms with Gasteiger partial charge in [-0.15, -0.1) is 0 Å². The number of ether oxygens (including phenoxy) is 1. The second-order valence-electron chi connectivity index (χ2n) is 6.89. The zero-order chi connectivity index (χ0) is 16.9. The van der Waals surface area contributed by atoms with E-state index in [1.807, 2.05) is 13.8 Å². The number of aryl methyl sites for hydroxylation is 2. The molecule has 1 N–H and O–H groups in total. The van der Waals surface area contributed by atoms with Gasteiger partial charge in [-0.3, -0.25) is 14.7 Å². The number of rotatable bonds is 6. The van der Waals surface area contributed by atoms with Crippen molar-refractivity contribution in [3.63, 3.8) is 0 Å². The number of oxazole rings is 1. The summed E-state index contributed by atoms with van der Waals surface area (Å²) in [5.41, 5.74) is 0.981. The van der Waals surface area contributed by atoms with Gasteiger partial charge in [-0.1, -0.05) is 0 Å². The molecule has 0 amide bonds. The molecule has 1 atom stereocenters. The van der Waals surface area contributed by atoms with Gasteiger partial charge in [-0.25, -0.2) is 4.98 Å². The second kappa shape index (κ2) is 8.40. The zero-order valence-corrected chi connectivity index (χ0v) is 14.9. The van der Waals surface area contributed by atoms with E-state index in [2.05, 4.69) is 19.7 Å². The Hall–Kier alpha value is -0.990. The van der Waals surface area contributed by atoms with Crippen LogP contribution in [0.1, 0.15) is 17.3 Å². The first-order valence-corrected chi connectivity index (χ1v) is 8.96. The molecule has 1 aromatic heterocycles. The predicted molar refractivity (Wildman–Crippen MR) is 91.0 cm³/mol. The van der Waals surface area contributed by atoms with Crippen LogP contribution in [0.25, 0.3) is 0 Å². The number of hydrogen-bond acceptors (Lipinski definition) is 7. The van der Waals surface area contributed by atoms with Crippen molar-refractivity contribution in [2.24, 2.45) is 0 Å². The lowest BCUT2D eigenvalue weighted by molar-refractivity contribution is 0.00186. The minimum atomic E-state index is -0.285. The number of aliphatic hydroxyl groups excluding tert-OH is 1. The van der Waals surface area contributed by atoms with Crippen LogP contribution in [0, 0.1) is 13.8 Å². The fourth-order valence-electron chi connectivity index (χ4n) is 3.37. The second-order valence-corrected chi connectivity index (χ2v) is 6.89. The molecule has 2 saturated heterocycles. The number of nitrogens with zero attached hydrogens (tertiary/aromatic N) is 4. The monoisotopic (exact) mass is 338 g/mol. The quantitative estimate of drug-likeness (QED) is 0.789. The highest BCUT2D eigenvalue weighted by molar-refractivity contribution is 5.05. The third-order valence-electron chi connectivity index (χ3n) is 4.94. The molecule has 1 aromatic rings. The summed E-state index contributed by atoms with van der Waals surface area (Å²) in [6.07, 6.45) is -0.285. The highest BCUT2D eigenvalue weighted by atomic mass is 16.5. The van der Waals surface area contributed by atoms with Crippen LogP contribution in [0.2, 0.25) is 0 Å². The molecule has 2 aliphatic rings. The lowest BCUT2D eigenvalue weighted by atomic mass is 10.2. The third-order valence-corrected chi connectivity index (χ3v) is 4.94. The van der Waals surface area contributed by atoms with Crippen LogP contribution in [0.4, 0.5) is 0 Å². The molecule has 0 saturated carbocycles. The predicted octanol–water partition coefficient (Wildman–Crippen LogP) is 0.102. The van der Waals surface area contributed by atoms with Gasteiger partial charge in [0.25, 0.3) is 0 Å². The number of β-amino-alcohol motifs (C(OH)–C–C–N with tert-alkyl or cyclic N) is 1. The minimum Gasteiger partial charge on any atom is -0.444 e. The Balaban J connectivity index is 1.36. The number of aromatic nitrogens is 1. The molecule has 3 rings (SSSR count). The van der Waals surface area contributed by atoms with Crippen LogP contribution < -0.4 is 0 Å². The first-order valence-electron chi connectivity index (χ1n) is 8.96. The number of hydrogen-bond donors (Lipinski definition) is 1. The van der Waals surface area contributed by atoms with E-state index in [-0.39, 0.29) is 6.10 Å². The Labute approximate surface area is 144 Å². The highest BCUT2D eigenvalue weighted by Crippen LogP contribution is 2.12. The Kier molecular flexibility index (Phi) is 6.24. The Morgan fingerprint density at radius 3 is 2.12 bits per heavy atom. The zero-order valence-electron chi connectivity index (χ0n) is 14.9. The van der Waals surface area contributed by atoms with Crippen LogP contribution in [-0.2, 0) is 11.3 Å². The first kappa shape index (κ1) is 17.8. The molecule has 0 radical (unpaired) electrons. The maximum atomic E-state index is 10.3. The standard InChI is InChI=1S/C17H30N4O3/c1-14-15(2)24-17(18-14)13-20-5-3-19(4-6-20)11-16(22)12-21-7-9-23-10-8-21/h16,22H,3-13H2,1-2H3/t16-/m0/s1. The van der Waals surface area contributed by atoms with E-state index < -0.39 is 0 Å². The summed E-state index contributed by atoms with van der Waals surface area (Å²) in [7, 11) is 0. The molecule has 2 fully saturated rings. The minimum absolute atomic E-state index is 0.285. The average molecular weight is 338 g/mol. The van der Waals surface area contributed by atoms with Gasteiger partial charge < -0.3 is 14.3 Å². The molecule has 24 heavy (non-hydrogen) atoms. The van der Waals surface area contributed by atoms with E-state index >= 15 is 0 Å². The van der Waals surface area contributed by atoms with Gasteiger partial charge in [0.1, 0.15) is 5.76 Å². The van der Waals surface area contributed by atoms with Gasteiger partial charge in [0.05, 0.1) is 31.6 Å². The summed E-state index contributed by atoms with van der Waals surface area (Å²) in [6.45, 7) is 13.6. The molecule has 0 bridgehead atoms. The van der Waals surface area contributed by atoms with Crippen molar-refractivity contribution < 1.29 is 14.3 Å². The van der Waals surface area contributed by atoms with E-state index in [1.54, 1.807) is 0 Å². The van der Waals surface area contributed by atoms with Crippen LogP contribution >= 0.6 is 0 Å². The van der Waals surface area contributed by atoms with Crippen molar-refractivity contribution in [1.82, 2.24) is 19.7 Å². The van der Waals surface area contributed by atoms with Gasteiger partial charge in [0.2, 0.25) is 5.89 Å². The molecule has 3 heterocycles. The SMILES string of the molecule is Cc1nc(CN2CCN(C[C@H](O)CN3CCOCC3)CC2)oc1C. The number of morpholine rings is 1. The van der Waals surface area contributed by atoms with E-state index in [1.165, 1.54) is 0 Å². The molecule has 2 aliphatic heterocycles. The maximum absolute atomic E-state index is 10.3. The largest absolute Gasteiger partial charge is 0.444 e. The van der Waals surface area contributed by atoms with Crippen LogP contribution in [0.15, 0.2) is 4.42 Å². The van der Waals surface area contributed by atoms with Crippen molar-refractivity contribution in [3.05, 3.63) is 17.3 Å². The third kappa shape index (κ3) is 5.00. The summed E-state index contributed by atoms with van der Waals surface area (Å²) < 4.78 is 11.0. The lowest BCUT2D eigenvalue weighted by Gasteiger charge is -2.36. The molecule has 0 aromatic carbocycles. The van der Waals surface area contributed by atoms with E-state index in [0.717, 1.165) is 89.5 Å². The van der Waals surface area contributed by atoms with Gasteiger partial charge in [-0.2, -0.15) is 0 Å². The normalized spacial score (nSPS) is 22.8. The van der Waals surface area contributed by atoms with E-state index in [4.69, 9.17) is 9.15 Å². The Morgan fingerprint density at radius 2 is 1.54 bits per heavy atom.